The van der Waals surface area contributed by atoms with E-state index >= 15 is 0 Å². The predicted molar refractivity (Wildman–Crippen MR) is 87.7 cm³/mol. The fourth-order valence-corrected chi connectivity index (χ4v) is 3.00. The molecule has 22 heavy (non-hydrogen) atoms. The van der Waals surface area contributed by atoms with Crippen LogP contribution in [-0.2, 0) is 5.75 Å². The van der Waals surface area contributed by atoms with Crippen LogP contribution in [0, 0.1) is 12.7 Å². The Hall–Kier alpha value is -2.14. The fraction of sp³-hybridized carbons (Fsp3) is 0.176. The van der Waals surface area contributed by atoms with E-state index in [1.807, 2.05) is 24.3 Å². The van der Waals surface area contributed by atoms with Crippen molar-refractivity contribution in [3.63, 3.8) is 0 Å². The van der Waals surface area contributed by atoms with E-state index in [4.69, 9.17) is 0 Å². The average molecular weight is 314 g/mol. The molecule has 1 N–H and O–H groups in total. The van der Waals surface area contributed by atoms with Gasteiger partial charge in [-0.25, -0.2) is 9.37 Å². The number of H-pyrrole nitrogens is 1. The van der Waals surface area contributed by atoms with Gasteiger partial charge in [-0.2, -0.15) is 0 Å². The highest BCUT2D eigenvalue weighted by atomic mass is 32.2. The van der Waals surface area contributed by atoms with Gasteiger partial charge in [0.1, 0.15) is 11.6 Å². The SMILES string of the molecule is Cc1cc(C(=O)CSCc2nc3ccccc3[nH]2)ccc1F. The van der Waals surface area contributed by atoms with E-state index in [-0.39, 0.29) is 11.6 Å². The van der Waals surface area contributed by atoms with Crippen molar-refractivity contribution in [1.82, 2.24) is 9.97 Å². The molecule has 1 heterocycles. The maximum absolute atomic E-state index is 13.2. The lowest BCUT2D eigenvalue weighted by Gasteiger charge is -2.02. The van der Waals surface area contributed by atoms with Gasteiger partial charge in [-0.05, 0) is 42.8 Å². The first-order valence-corrected chi connectivity index (χ1v) is 8.09. The number of aromatic amines is 1. The van der Waals surface area contributed by atoms with Gasteiger partial charge < -0.3 is 4.98 Å². The maximum atomic E-state index is 13.2. The number of carbonyl (C=O) groups excluding carboxylic acids is 1. The van der Waals surface area contributed by atoms with E-state index in [2.05, 4.69) is 9.97 Å². The molecular formula is C17H15FN2OS. The number of nitrogens with one attached hydrogen (secondary N) is 1. The van der Waals surface area contributed by atoms with Gasteiger partial charge in [0.2, 0.25) is 0 Å². The molecule has 0 aliphatic carbocycles. The van der Waals surface area contributed by atoms with Gasteiger partial charge in [0, 0.05) is 5.56 Å². The quantitative estimate of drug-likeness (QED) is 0.720. The van der Waals surface area contributed by atoms with Crippen molar-refractivity contribution in [3.8, 4) is 0 Å². The number of para-hydroxylation sites is 2. The molecule has 0 bridgehead atoms. The van der Waals surface area contributed by atoms with Gasteiger partial charge in [0.15, 0.2) is 5.78 Å². The van der Waals surface area contributed by atoms with Crippen molar-refractivity contribution in [2.75, 3.05) is 5.75 Å². The highest BCUT2D eigenvalue weighted by Crippen LogP contribution is 2.17. The van der Waals surface area contributed by atoms with Gasteiger partial charge in [0.25, 0.3) is 0 Å². The van der Waals surface area contributed by atoms with Crippen molar-refractivity contribution in [2.45, 2.75) is 12.7 Å². The number of imidazole rings is 1. The van der Waals surface area contributed by atoms with Gasteiger partial charge in [-0.1, -0.05) is 12.1 Å². The lowest BCUT2D eigenvalue weighted by atomic mass is 10.1. The molecule has 0 unspecified atom stereocenters. The summed E-state index contributed by atoms with van der Waals surface area (Å²) in [6.45, 7) is 1.66. The second-order valence-corrected chi connectivity index (χ2v) is 6.07. The number of rotatable bonds is 5. The molecule has 0 spiro atoms. The molecule has 0 atom stereocenters. The third-order valence-electron chi connectivity index (χ3n) is 3.39. The van der Waals surface area contributed by atoms with E-state index in [0.29, 0.717) is 22.6 Å². The van der Waals surface area contributed by atoms with Crippen molar-refractivity contribution in [3.05, 3.63) is 65.2 Å². The summed E-state index contributed by atoms with van der Waals surface area (Å²) in [6.07, 6.45) is 0. The zero-order valence-electron chi connectivity index (χ0n) is 12.1. The number of nitrogens with zero attached hydrogens (tertiary/aromatic N) is 1. The molecule has 0 amide bonds. The van der Waals surface area contributed by atoms with Crippen LogP contribution in [0.5, 0.6) is 0 Å². The Morgan fingerprint density at radius 3 is 2.86 bits per heavy atom. The van der Waals surface area contributed by atoms with Crippen LogP contribution in [0.15, 0.2) is 42.5 Å². The highest BCUT2D eigenvalue weighted by Gasteiger charge is 2.09. The summed E-state index contributed by atoms with van der Waals surface area (Å²) < 4.78 is 13.2. The Kier molecular flexibility index (Phi) is 4.24. The number of benzene rings is 2. The number of carbonyl (C=O) groups is 1. The summed E-state index contributed by atoms with van der Waals surface area (Å²) >= 11 is 1.50. The number of hydrogen-bond donors (Lipinski definition) is 1. The Labute approximate surface area is 132 Å². The van der Waals surface area contributed by atoms with Crippen LogP contribution in [0.1, 0.15) is 21.7 Å². The summed E-state index contributed by atoms with van der Waals surface area (Å²) in [5.74, 6) is 1.56. The molecule has 0 saturated heterocycles. The van der Waals surface area contributed by atoms with Crippen LogP contribution in [0.2, 0.25) is 0 Å². The number of hydrogen-bond acceptors (Lipinski definition) is 3. The monoisotopic (exact) mass is 314 g/mol. The number of fused-ring (bicyclic) bond motifs is 1. The molecular weight excluding hydrogens is 299 g/mol. The molecule has 3 aromatic rings. The van der Waals surface area contributed by atoms with E-state index in [1.54, 1.807) is 13.0 Å². The van der Waals surface area contributed by atoms with Gasteiger partial charge in [0.05, 0.1) is 22.5 Å². The first kappa shape index (κ1) is 14.8. The highest BCUT2D eigenvalue weighted by molar-refractivity contribution is 7.99. The minimum atomic E-state index is -0.286. The Morgan fingerprint density at radius 1 is 1.27 bits per heavy atom. The lowest BCUT2D eigenvalue weighted by molar-refractivity contribution is 0.102. The molecule has 0 aliphatic heterocycles. The number of thioether (sulfide) groups is 1. The van der Waals surface area contributed by atoms with E-state index < -0.39 is 0 Å². The molecule has 0 saturated carbocycles. The van der Waals surface area contributed by atoms with Gasteiger partial charge >= 0.3 is 0 Å². The van der Waals surface area contributed by atoms with Crippen LogP contribution in [0.4, 0.5) is 4.39 Å². The molecule has 112 valence electrons. The number of Topliss-reactive ketones (excluding diaryl/α,β-unsaturated/α-hetero) is 1. The Morgan fingerprint density at radius 2 is 2.09 bits per heavy atom. The lowest BCUT2D eigenvalue weighted by Crippen LogP contribution is -2.04. The first-order valence-electron chi connectivity index (χ1n) is 6.94. The zero-order chi connectivity index (χ0) is 15.5. The minimum Gasteiger partial charge on any atom is -0.341 e. The molecule has 1 aromatic heterocycles. The smallest absolute Gasteiger partial charge is 0.172 e. The van der Waals surface area contributed by atoms with E-state index in [1.165, 1.54) is 23.9 Å². The van der Waals surface area contributed by atoms with E-state index in [9.17, 15) is 9.18 Å². The van der Waals surface area contributed by atoms with Crippen molar-refractivity contribution in [1.29, 1.82) is 0 Å². The van der Waals surface area contributed by atoms with Crippen LogP contribution in [-0.4, -0.2) is 21.5 Å². The standard InChI is InChI=1S/C17H15FN2OS/c1-11-8-12(6-7-13(11)18)16(21)9-22-10-17-19-14-4-2-3-5-15(14)20-17/h2-8H,9-10H2,1H3,(H,19,20). The molecule has 2 aromatic carbocycles. The third kappa shape index (κ3) is 3.20. The van der Waals surface area contributed by atoms with Crippen molar-refractivity contribution >= 4 is 28.6 Å². The van der Waals surface area contributed by atoms with Crippen LogP contribution < -0.4 is 0 Å². The third-order valence-corrected chi connectivity index (χ3v) is 4.33. The summed E-state index contributed by atoms with van der Waals surface area (Å²) in [4.78, 5) is 19.8. The average Bonchev–Trinajstić information content (AvgIpc) is 2.92. The second-order valence-electron chi connectivity index (χ2n) is 5.08. The summed E-state index contributed by atoms with van der Waals surface area (Å²) in [5, 5.41) is 0. The molecule has 5 heteroatoms. The largest absolute Gasteiger partial charge is 0.341 e. The predicted octanol–water partition coefficient (Wildman–Crippen LogP) is 4.13. The summed E-state index contributed by atoms with van der Waals surface area (Å²) in [5.41, 5.74) is 2.97. The molecule has 3 rings (SSSR count). The minimum absolute atomic E-state index is 0.00390. The Bertz CT molecular complexity index is 795. The number of aromatic nitrogens is 2. The van der Waals surface area contributed by atoms with Crippen LogP contribution >= 0.6 is 11.8 Å². The second kappa shape index (κ2) is 6.32. The van der Waals surface area contributed by atoms with Crippen molar-refractivity contribution in [2.24, 2.45) is 0 Å². The van der Waals surface area contributed by atoms with Gasteiger partial charge in [-0.3, -0.25) is 4.79 Å². The zero-order valence-corrected chi connectivity index (χ0v) is 12.9. The van der Waals surface area contributed by atoms with E-state index in [0.717, 1.165) is 16.9 Å². The number of ketones is 1. The first-order chi connectivity index (χ1) is 10.6. The Balaban J connectivity index is 1.60. The number of aryl methyl sites for hydroxylation is 1. The molecule has 3 nitrogen and oxygen atoms in total. The van der Waals surface area contributed by atoms with Crippen LogP contribution in [0.25, 0.3) is 11.0 Å². The summed E-state index contributed by atoms with van der Waals surface area (Å²) in [7, 11) is 0. The molecule has 0 radical (unpaired) electrons. The topological polar surface area (TPSA) is 45.8 Å². The number of halogens is 1. The maximum Gasteiger partial charge on any atom is 0.172 e. The summed E-state index contributed by atoms with van der Waals surface area (Å²) in [6, 6.07) is 12.3. The van der Waals surface area contributed by atoms with Crippen LogP contribution in [0.3, 0.4) is 0 Å². The van der Waals surface area contributed by atoms with Crippen molar-refractivity contribution < 1.29 is 9.18 Å². The normalized spacial score (nSPS) is 11.0. The molecule has 0 fully saturated rings. The fourth-order valence-electron chi connectivity index (χ4n) is 2.22. The van der Waals surface area contributed by atoms with Gasteiger partial charge in [-0.15, -0.1) is 11.8 Å². The molecule has 0 aliphatic rings.